The number of pyridine rings is 2. The molecule has 146 valence electrons. The van der Waals surface area contributed by atoms with Crippen molar-refractivity contribution in [2.24, 2.45) is 5.73 Å². The Kier molecular flexibility index (Phi) is 4.53. The lowest BCUT2D eigenvalue weighted by Crippen LogP contribution is -1.97. The molecule has 0 atom stereocenters. The molecule has 5 rings (SSSR count). The zero-order chi connectivity index (χ0) is 20.5. The lowest BCUT2D eigenvalue weighted by molar-refractivity contribution is 1.07. The number of nitrogens with zero attached hydrogens (tertiary/aromatic N) is 4. The van der Waals surface area contributed by atoms with Crippen LogP contribution in [0, 0.1) is 6.92 Å². The maximum absolute atomic E-state index is 5.72. The Morgan fingerprint density at radius 3 is 2.50 bits per heavy atom. The summed E-state index contributed by atoms with van der Waals surface area (Å²) in [6.45, 7) is 2.49. The van der Waals surface area contributed by atoms with E-state index in [4.69, 9.17) is 10.7 Å². The summed E-state index contributed by atoms with van der Waals surface area (Å²) in [5.41, 5.74) is 13.1. The molecule has 0 saturated carbocycles. The second kappa shape index (κ2) is 7.50. The van der Waals surface area contributed by atoms with Crippen LogP contribution >= 0.6 is 0 Å². The number of benzene rings is 1. The third kappa shape index (κ3) is 3.33. The smallest absolute Gasteiger partial charge is 0.180 e. The van der Waals surface area contributed by atoms with E-state index in [1.54, 1.807) is 0 Å². The van der Waals surface area contributed by atoms with E-state index in [9.17, 15) is 0 Å². The van der Waals surface area contributed by atoms with Gasteiger partial charge >= 0.3 is 0 Å². The zero-order valence-corrected chi connectivity index (χ0v) is 16.5. The van der Waals surface area contributed by atoms with Gasteiger partial charge < -0.3 is 10.7 Å². The van der Waals surface area contributed by atoms with Gasteiger partial charge in [0.2, 0.25) is 0 Å². The van der Waals surface area contributed by atoms with Gasteiger partial charge in [0.25, 0.3) is 0 Å². The summed E-state index contributed by atoms with van der Waals surface area (Å²) in [4.78, 5) is 21.8. The minimum absolute atomic E-state index is 0.529. The Hall–Kier alpha value is -3.90. The molecule has 0 amide bonds. The number of hydrogen-bond acceptors (Lipinski definition) is 5. The van der Waals surface area contributed by atoms with Gasteiger partial charge in [0.1, 0.15) is 11.3 Å². The molecule has 3 N–H and O–H groups in total. The lowest BCUT2D eigenvalue weighted by Gasteiger charge is -2.09. The maximum atomic E-state index is 5.72. The number of aryl methyl sites for hydroxylation is 1. The monoisotopic (exact) mass is 392 g/mol. The van der Waals surface area contributed by atoms with Crippen molar-refractivity contribution in [2.75, 3.05) is 0 Å². The van der Waals surface area contributed by atoms with Gasteiger partial charge in [-0.15, -0.1) is 0 Å². The molecule has 1 aromatic carbocycles. The molecule has 0 unspecified atom stereocenters. The van der Waals surface area contributed by atoms with E-state index >= 15 is 0 Å². The highest BCUT2D eigenvalue weighted by molar-refractivity contribution is 5.92. The summed E-state index contributed by atoms with van der Waals surface area (Å²) in [5, 5.41) is 0.948. The number of aromatic amines is 1. The third-order valence-corrected chi connectivity index (χ3v) is 5.07. The van der Waals surface area contributed by atoms with Crippen molar-refractivity contribution in [2.45, 2.75) is 13.5 Å². The van der Waals surface area contributed by atoms with E-state index in [0.29, 0.717) is 12.4 Å². The molecule has 0 aliphatic heterocycles. The number of hydrogen-bond donors (Lipinski definition) is 2. The predicted molar refractivity (Wildman–Crippen MR) is 118 cm³/mol. The Bertz CT molecular complexity index is 1340. The van der Waals surface area contributed by atoms with Crippen molar-refractivity contribution in [3.63, 3.8) is 0 Å². The number of aromatic nitrogens is 5. The molecule has 0 aliphatic carbocycles. The molecule has 4 aromatic heterocycles. The average Bonchev–Trinajstić information content (AvgIpc) is 3.27. The van der Waals surface area contributed by atoms with Crippen molar-refractivity contribution < 1.29 is 0 Å². The van der Waals surface area contributed by atoms with Crippen LogP contribution in [0.2, 0.25) is 0 Å². The second-order valence-electron chi connectivity index (χ2n) is 7.16. The molecule has 0 fully saturated rings. The average molecular weight is 392 g/mol. The van der Waals surface area contributed by atoms with Crippen molar-refractivity contribution in [3.8, 4) is 33.9 Å². The Balaban J connectivity index is 1.65. The van der Waals surface area contributed by atoms with Gasteiger partial charge in [-0.3, -0.25) is 4.98 Å². The van der Waals surface area contributed by atoms with E-state index in [1.165, 1.54) is 0 Å². The van der Waals surface area contributed by atoms with Crippen molar-refractivity contribution in [3.05, 3.63) is 84.4 Å². The quantitative estimate of drug-likeness (QED) is 0.469. The van der Waals surface area contributed by atoms with Crippen LogP contribution in [-0.4, -0.2) is 24.9 Å². The molecule has 0 aliphatic rings. The number of nitrogens with two attached hydrogens (primary N) is 1. The summed E-state index contributed by atoms with van der Waals surface area (Å²) in [6, 6.07) is 18.2. The summed E-state index contributed by atoms with van der Waals surface area (Å²) in [6.07, 6.45) is 5.57. The molecule has 0 radical (unpaired) electrons. The Morgan fingerprint density at radius 2 is 1.70 bits per heavy atom. The molecule has 0 bridgehead atoms. The minimum Gasteiger partial charge on any atom is -0.346 e. The first-order chi connectivity index (χ1) is 14.7. The molecule has 30 heavy (non-hydrogen) atoms. The summed E-state index contributed by atoms with van der Waals surface area (Å²) < 4.78 is 0. The normalized spacial score (nSPS) is 11.1. The highest BCUT2D eigenvalue weighted by Crippen LogP contribution is 2.30. The fourth-order valence-corrected chi connectivity index (χ4v) is 3.50. The molecule has 5 aromatic rings. The van der Waals surface area contributed by atoms with Gasteiger partial charge in [-0.25, -0.2) is 15.0 Å². The minimum atomic E-state index is 0.529. The fraction of sp³-hybridized carbons (Fsp3) is 0.0833. The standard InChI is InChI=1S/C24H20N6/c1-15-3-2-4-21(28-15)24-29-22(20-9-10-27-23(20)30-24)19-11-18(13-26-14-19)17-7-5-16(12-25)6-8-17/h2-11,13-14H,12,25H2,1H3,(H,27,29,30). The zero-order valence-electron chi connectivity index (χ0n) is 16.5. The van der Waals surface area contributed by atoms with Crippen LogP contribution in [0.4, 0.5) is 0 Å². The highest BCUT2D eigenvalue weighted by Gasteiger charge is 2.14. The van der Waals surface area contributed by atoms with Crippen molar-refractivity contribution >= 4 is 11.0 Å². The summed E-state index contributed by atoms with van der Waals surface area (Å²) in [7, 11) is 0. The topological polar surface area (TPSA) is 93.4 Å². The summed E-state index contributed by atoms with van der Waals surface area (Å²) >= 11 is 0. The van der Waals surface area contributed by atoms with Gasteiger partial charge in [0, 0.05) is 47.3 Å². The molecule has 0 saturated heterocycles. The third-order valence-electron chi connectivity index (χ3n) is 5.07. The highest BCUT2D eigenvalue weighted by atomic mass is 15.0. The van der Waals surface area contributed by atoms with E-state index in [2.05, 4.69) is 38.1 Å². The number of fused-ring (bicyclic) bond motifs is 1. The van der Waals surface area contributed by atoms with Crippen LogP contribution < -0.4 is 5.73 Å². The first kappa shape index (κ1) is 18.1. The molecule has 6 heteroatoms. The molecule has 6 nitrogen and oxygen atoms in total. The Labute approximate surface area is 173 Å². The lowest BCUT2D eigenvalue weighted by atomic mass is 10.0. The van der Waals surface area contributed by atoms with E-state index in [1.807, 2.05) is 61.9 Å². The predicted octanol–water partition coefficient (Wildman–Crippen LogP) is 4.52. The van der Waals surface area contributed by atoms with Crippen LogP contribution in [0.5, 0.6) is 0 Å². The van der Waals surface area contributed by atoms with E-state index < -0.39 is 0 Å². The molecule has 4 heterocycles. The SMILES string of the molecule is Cc1cccc(-c2nc(-c3cncc(-c4ccc(CN)cc4)c3)c3cc[nH]c3n2)n1. The van der Waals surface area contributed by atoms with E-state index in [-0.39, 0.29) is 0 Å². The first-order valence-corrected chi connectivity index (χ1v) is 9.75. The van der Waals surface area contributed by atoms with Gasteiger partial charge in [-0.2, -0.15) is 0 Å². The molecular weight excluding hydrogens is 372 g/mol. The largest absolute Gasteiger partial charge is 0.346 e. The summed E-state index contributed by atoms with van der Waals surface area (Å²) in [5.74, 6) is 0.585. The van der Waals surface area contributed by atoms with Gasteiger partial charge in [-0.05, 0) is 42.3 Å². The van der Waals surface area contributed by atoms with Gasteiger partial charge in [-0.1, -0.05) is 30.3 Å². The second-order valence-corrected chi connectivity index (χ2v) is 7.16. The van der Waals surface area contributed by atoms with Crippen molar-refractivity contribution in [1.82, 2.24) is 24.9 Å². The maximum Gasteiger partial charge on any atom is 0.180 e. The van der Waals surface area contributed by atoms with Gasteiger partial charge in [0.05, 0.1) is 5.69 Å². The first-order valence-electron chi connectivity index (χ1n) is 9.75. The number of nitrogens with one attached hydrogen (secondary N) is 1. The van der Waals surface area contributed by atoms with Crippen LogP contribution in [0.1, 0.15) is 11.3 Å². The Morgan fingerprint density at radius 1 is 0.867 bits per heavy atom. The number of rotatable bonds is 4. The van der Waals surface area contributed by atoms with Crippen LogP contribution in [0.25, 0.3) is 44.9 Å². The fourth-order valence-electron chi connectivity index (χ4n) is 3.50. The van der Waals surface area contributed by atoms with E-state index in [0.717, 1.165) is 50.4 Å². The molecular formula is C24H20N6. The van der Waals surface area contributed by atoms with Gasteiger partial charge in [0.15, 0.2) is 5.82 Å². The van der Waals surface area contributed by atoms with Crippen LogP contribution in [-0.2, 0) is 6.54 Å². The van der Waals surface area contributed by atoms with Crippen molar-refractivity contribution in [1.29, 1.82) is 0 Å². The molecule has 0 spiro atoms. The van der Waals surface area contributed by atoms with Crippen LogP contribution in [0.3, 0.4) is 0 Å². The van der Waals surface area contributed by atoms with Crippen LogP contribution in [0.15, 0.2) is 73.2 Å². The number of H-pyrrole nitrogens is 1.